The molecule has 0 bridgehead atoms. The van der Waals surface area contributed by atoms with E-state index in [1.54, 1.807) is 0 Å². The van der Waals surface area contributed by atoms with Crippen LogP contribution in [0, 0.1) is 0 Å². The molecule has 1 saturated carbocycles. The third-order valence-corrected chi connectivity index (χ3v) is 2.70. The van der Waals surface area contributed by atoms with Gasteiger partial charge in [0.05, 0.1) is 0 Å². The van der Waals surface area contributed by atoms with Crippen LogP contribution in [0.3, 0.4) is 0 Å². The van der Waals surface area contributed by atoms with Crippen molar-refractivity contribution in [2.75, 3.05) is 0 Å². The number of hydrogen-bond donors (Lipinski definition) is 1. The molecule has 1 aromatic heterocycles. The van der Waals surface area contributed by atoms with Crippen LogP contribution in [0.25, 0.3) is 0 Å². The fourth-order valence-electron chi connectivity index (χ4n) is 1.89. The van der Waals surface area contributed by atoms with Crippen molar-refractivity contribution in [3.8, 4) is 0 Å². The molecule has 0 amide bonds. The van der Waals surface area contributed by atoms with E-state index in [4.69, 9.17) is 0 Å². The van der Waals surface area contributed by atoms with Crippen molar-refractivity contribution in [2.24, 2.45) is 0 Å². The summed E-state index contributed by atoms with van der Waals surface area (Å²) in [6.07, 6.45) is 9.20. The van der Waals surface area contributed by atoms with E-state index in [0.29, 0.717) is 0 Å². The predicted octanol–water partition coefficient (Wildman–Crippen LogP) is 2.11. The van der Waals surface area contributed by atoms with Crippen LogP contribution in [0.15, 0.2) is 24.5 Å². The van der Waals surface area contributed by atoms with Gasteiger partial charge in [0.15, 0.2) is 0 Å². The minimum Gasteiger partial charge on any atom is -0.310 e. The Morgan fingerprint density at radius 1 is 1.23 bits per heavy atom. The molecule has 1 aromatic rings. The van der Waals surface area contributed by atoms with Crippen LogP contribution in [0.5, 0.6) is 0 Å². The molecule has 1 heterocycles. The molecule has 70 valence electrons. The minimum atomic E-state index is 0.758. The SMILES string of the molecule is c1cc(CNC2CCCC2)ccn1. The van der Waals surface area contributed by atoms with Gasteiger partial charge in [0.2, 0.25) is 0 Å². The minimum absolute atomic E-state index is 0.758. The molecular weight excluding hydrogens is 160 g/mol. The lowest BCUT2D eigenvalue weighted by atomic mass is 10.2. The fourth-order valence-corrected chi connectivity index (χ4v) is 1.89. The number of hydrogen-bond acceptors (Lipinski definition) is 2. The number of nitrogens with one attached hydrogen (secondary N) is 1. The highest BCUT2D eigenvalue weighted by molar-refractivity contribution is 5.09. The van der Waals surface area contributed by atoms with Crippen LogP contribution in [0.1, 0.15) is 31.2 Å². The van der Waals surface area contributed by atoms with Crippen molar-refractivity contribution in [3.05, 3.63) is 30.1 Å². The molecule has 2 rings (SSSR count). The molecule has 2 heteroatoms. The van der Waals surface area contributed by atoms with Crippen LogP contribution in [0.2, 0.25) is 0 Å². The van der Waals surface area contributed by atoms with Crippen LogP contribution in [-0.4, -0.2) is 11.0 Å². The Kier molecular flexibility index (Phi) is 2.93. The lowest BCUT2D eigenvalue weighted by Gasteiger charge is -2.10. The highest BCUT2D eigenvalue weighted by Crippen LogP contribution is 2.17. The predicted molar refractivity (Wildman–Crippen MR) is 53.3 cm³/mol. The second-order valence-corrected chi connectivity index (χ2v) is 3.72. The van der Waals surface area contributed by atoms with Gasteiger partial charge >= 0.3 is 0 Å². The van der Waals surface area contributed by atoms with Crippen molar-refractivity contribution in [3.63, 3.8) is 0 Å². The van der Waals surface area contributed by atoms with Crippen molar-refractivity contribution in [1.82, 2.24) is 10.3 Å². The average molecular weight is 176 g/mol. The van der Waals surface area contributed by atoms with Crippen LogP contribution >= 0.6 is 0 Å². The van der Waals surface area contributed by atoms with Gasteiger partial charge in [-0.05, 0) is 30.5 Å². The summed E-state index contributed by atoms with van der Waals surface area (Å²) >= 11 is 0. The Labute approximate surface area is 79.4 Å². The zero-order valence-corrected chi connectivity index (χ0v) is 7.87. The van der Waals surface area contributed by atoms with E-state index in [1.807, 2.05) is 12.4 Å². The summed E-state index contributed by atoms with van der Waals surface area (Å²) in [7, 11) is 0. The molecular formula is C11H16N2. The van der Waals surface area contributed by atoms with Gasteiger partial charge in [0, 0.05) is 25.0 Å². The van der Waals surface area contributed by atoms with Gasteiger partial charge in [-0.25, -0.2) is 0 Å². The molecule has 13 heavy (non-hydrogen) atoms. The number of aromatic nitrogens is 1. The molecule has 0 saturated heterocycles. The van der Waals surface area contributed by atoms with E-state index in [2.05, 4.69) is 22.4 Å². The third kappa shape index (κ3) is 2.52. The second-order valence-electron chi connectivity index (χ2n) is 3.72. The van der Waals surface area contributed by atoms with E-state index < -0.39 is 0 Å². The maximum Gasteiger partial charge on any atom is 0.0271 e. The largest absolute Gasteiger partial charge is 0.310 e. The van der Waals surface area contributed by atoms with Crippen molar-refractivity contribution < 1.29 is 0 Å². The Hall–Kier alpha value is -0.890. The fraction of sp³-hybridized carbons (Fsp3) is 0.545. The van der Waals surface area contributed by atoms with E-state index >= 15 is 0 Å². The maximum absolute atomic E-state index is 4.00. The molecule has 0 spiro atoms. The number of rotatable bonds is 3. The van der Waals surface area contributed by atoms with Gasteiger partial charge in [0.1, 0.15) is 0 Å². The highest BCUT2D eigenvalue weighted by atomic mass is 14.9. The van der Waals surface area contributed by atoms with E-state index in [1.165, 1.54) is 31.2 Å². The summed E-state index contributed by atoms with van der Waals surface area (Å²) in [4.78, 5) is 4.00. The molecule has 1 N–H and O–H groups in total. The molecule has 0 atom stereocenters. The summed E-state index contributed by atoms with van der Waals surface area (Å²) in [5.41, 5.74) is 1.34. The topological polar surface area (TPSA) is 24.9 Å². The van der Waals surface area contributed by atoms with Gasteiger partial charge in [-0.3, -0.25) is 4.98 Å². The zero-order valence-electron chi connectivity index (χ0n) is 7.87. The molecule has 1 fully saturated rings. The maximum atomic E-state index is 4.00. The van der Waals surface area contributed by atoms with Crippen LogP contribution in [-0.2, 0) is 6.54 Å². The lowest BCUT2D eigenvalue weighted by molar-refractivity contribution is 0.524. The monoisotopic (exact) mass is 176 g/mol. The smallest absolute Gasteiger partial charge is 0.0271 e. The van der Waals surface area contributed by atoms with Crippen molar-refractivity contribution >= 4 is 0 Å². The molecule has 0 aliphatic heterocycles. The van der Waals surface area contributed by atoms with Gasteiger partial charge in [0.25, 0.3) is 0 Å². The van der Waals surface area contributed by atoms with Crippen molar-refractivity contribution in [2.45, 2.75) is 38.3 Å². The molecule has 1 aliphatic carbocycles. The van der Waals surface area contributed by atoms with Crippen molar-refractivity contribution in [1.29, 1.82) is 0 Å². The first kappa shape index (κ1) is 8.70. The first-order chi connectivity index (χ1) is 6.45. The molecule has 0 unspecified atom stereocenters. The normalized spacial score (nSPS) is 17.8. The Morgan fingerprint density at radius 2 is 1.92 bits per heavy atom. The van der Waals surface area contributed by atoms with Gasteiger partial charge in [-0.15, -0.1) is 0 Å². The first-order valence-corrected chi connectivity index (χ1v) is 5.07. The number of pyridine rings is 1. The van der Waals surface area contributed by atoms with E-state index in [9.17, 15) is 0 Å². The van der Waals surface area contributed by atoms with E-state index in [-0.39, 0.29) is 0 Å². The van der Waals surface area contributed by atoms with Gasteiger partial charge in [-0.1, -0.05) is 12.8 Å². The van der Waals surface area contributed by atoms with Crippen LogP contribution < -0.4 is 5.32 Å². The summed E-state index contributed by atoms with van der Waals surface area (Å²) in [6.45, 7) is 0.993. The third-order valence-electron chi connectivity index (χ3n) is 2.70. The summed E-state index contributed by atoms with van der Waals surface area (Å²) in [5, 5.41) is 3.57. The Morgan fingerprint density at radius 3 is 2.62 bits per heavy atom. The van der Waals surface area contributed by atoms with E-state index in [0.717, 1.165) is 12.6 Å². The van der Waals surface area contributed by atoms with Gasteiger partial charge in [-0.2, -0.15) is 0 Å². The number of nitrogens with zero attached hydrogens (tertiary/aromatic N) is 1. The highest BCUT2D eigenvalue weighted by Gasteiger charge is 2.13. The average Bonchev–Trinajstić information content (AvgIpc) is 2.69. The molecule has 1 aliphatic rings. The molecule has 0 aromatic carbocycles. The summed E-state index contributed by atoms with van der Waals surface area (Å²) in [5.74, 6) is 0. The zero-order chi connectivity index (χ0) is 8.93. The first-order valence-electron chi connectivity index (χ1n) is 5.07. The molecule has 0 radical (unpaired) electrons. The summed E-state index contributed by atoms with van der Waals surface area (Å²) in [6, 6.07) is 4.90. The molecule has 2 nitrogen and oxygen atoms in total. The Balaban J connectivity index is 1.79. The van der Waals surface area contributed by atoms with Gasteiger partial charge < -0.3 is 5.32 Å². The second kappa shape index (κ2) is 4.38. The Bertz CT molecular complexity index is 240. The van der Waals surface area contributed by atoms with Crippen LogP contribution in [0.4, 0.5) is 0 Å². The summed E-state index contributed by atoms with van der Waals surface area (Å²) < 4.78 is 0. The standard InChI is InChI=1S/C11H16N2/c1-2-4-11(3-1)13-9-10-5-7-12-8-6-10/h5-8,11,13H,1-4,9H2. The quantitative estimate of drug-likeness (QED) is 0.763. The lowest BCUT2D eigenvalue weighted by Crippen LogP contribution is -2.25.